The van der Waals surface area contributed by atoms with Gasteiger partial charge >= 0.3 is 39.5 Å². The second kappa shape index (κ2) is 67.1. The Balaban J connectivity index is 5.31. The molecule has 0 amide bonds. The molecule has 0 aromatic rings. The van der Waals surface area contributed by atoms with Gasteiger partial charge in [-0.3, -0.25) is 37.3 Å². The quantitative estimate of drug-likeness (QED) is 0.0169. The standard InChI is InChI=1S/C77H146O17P2/c1-8-9-10-11-12-13-14-15-16-17-24-31-39-46-53-60-76(81)93-72(64-87-74(79)58-51-44-37-30-23-19-18-21-27-34-41-48-55-68(2)3)66-91-95(83,84)89-62-71(78)63-90-96(85,86)92-67-73(65-88-75(80)59-52-45-38-33-26-29-36-43-50-57-70(6)7)94-77(82)61-54-47-40-32-25-20-22-28-35-42-49-56-69(4)5/h13-16,68-73,78H,8-12,17-67H2,1-7H3,(H,83,84)(H,85,86)/b14-13-,16-15-/t71-,72-,73-/m1/s1. The molecule has 96 heavy (non-hydrogen) atoms. The van der Waals surface area contributed by atoms with Crippen molar-refractivity contribution >= 4 is 39.5 Å². The van der Waals surface area contributed by atoms with Gasteiger partial charge in [-0.05, 0) is 69.1 Å². The summed E-state index contributed by atoms with van der Waals surface area (Å²) in [6.45, 7) is 11.8. The molecule has 0 aromatic heterocycles. The predicted octanol–water partition coefficient (Wildman–Crippen LogP) is 22.1. The van der Waals surface area contributed by atoms with Crippen LogP contribution in [0.5, 0.6) is 0 Å². The monoisotopic (exact) mass is 1410 g/mol. The molecule has 3 N–H and O–H groups in total. The summed E-state index contributed by atoms with van der Waals surface area (Å²) in [5.41, 5.74) is 0. The third-order valence-electron chi connectivity index (χ3n) is 17.3. The van der Waals surface area contributed by atoms with Gasteiger partial charge in [0.1, 0.15) is 19.3 Å². The minimum Gasteiger partial charge on any atom is -0.462 e. The molecule has 2 unspecified atom stereocenters. The summed E-state index contributed by atoms with van der Waals surface area (Å²) in [6.07, 6.45) is 56.2. The predicted molar refractivity (Wildman–Crippen MR) is 390 cm³/mol. The largest absolute Gasteiger partial charge is 0.472 e. The van der Waals surface area contributed by atoms with E-state index in [-0.39, 0.29) is 25.7 Å². The molecular formula is C77H146O17P2. The van der Waals surface area contributed by atoms with E-state index >= 15 is 0 Å². The molecule has 19 heteroatoms. The van der Waals surface area contributed by atoms with E-state index in [9.17, 15) is 43.2 Å². The van der Waals surface area contributed by atoms with Gasteiger partial charge in [0.15, 0.2) is 12.2 Å². The van der Waals surface area contributed by atoms with E-state index in [1.165, 1.54) is 167 Å². The molecular weight excluding hydrogens is 1260 g/mol. The van der Waals surface area contributed by atoms with E-state index in [0.29, 0.717) is 25.7 Å². The molecule has 0 aromatic carbocycles. The highest BCUT2D eigenvalue weighted by atomic mass is 31.2. The summed E-state index contributed by atoms with van der Waals surface area (Å²) in [4.78, 5) is 72.9. The van der Waals surface area contributed by atoms with E-state index in [1.54, 1.807) is 0 Å². The number of unbranched alkanes of at least 4 members (excludes halogenated alkanes) is 38. The van der Waals surface area contributed by atoms with Crippen LogP contribution >= 0.6 is 15.6 Å². The third kappa shape index (κ3) is 70.0. The molecule has 0 rings (SSSR count). The average Bonchev–Trinajstić information content (AvgIpc) is 1.22. The minimum absolute atomic E-state index is 0.0848. The first-order valence-corrected chi connectivity index (χ1v) is 42.2. The van der Waals surface area contributed by atoms with Gasteiger partial charge in [0.05, 0.1) is 26.4 Å². The SMILES string of the molecule is CCCCCC/C=C\C=C/CCCCCCCC(=O)O[C@H](COC(=O)CCCCCCCCCCCCCCC(C)C)COP(=O)(O)OC[C@@H](O)COP(=O)(O)OC[C@@H](COC(=O)CCCCCCCCCCCC(C)C)OC(=O)CCCCCCCCCCCCCC(C)C. The Morgan fingerprint density at radius 3 is 0.844 bits per heavy atom. The van der Waals surface area contributed by atoms with Crippen LogP contribution in [-0.4, -0.2) is 96.7 Å². The van der Waals surface area contributed by atoms with Crippen molar-refractivity contribution < 1.29 is 80.2 Å². The highest BCUT2D eigenvalue weighted by Gasteiger charge is 2.30. The molecule has 0 bridgehead atoms. The average molecular weight is 1410 g/mol. The normalized spacial score (nSPS) is 14.2. The maximum absolute atomic E-state index is 13.1. The molecule has 0 aliphatic heterocycles. The Bertz CT molecular complexity index is 1960. The van der Waals surface area contributed by atoms with Crippen molar-refractivity contribution in [3.63, 3.8) is 0 Å². The Hall–Kier alpha value is -2.46. The number of phosphoric acid groups is 2. The van der Waals surface area contributed by atoms with Gasteiger partial charge in [-0.25, -0.2) is 9.13 Å². The molecule has 0 heterocycles. The second-order valence-electron chi connectivity index (χ2n) is 28.5. The van der Waals surface area contributed by atoms with Crippen molar-refractivity contribution in [1.29, 1.82) is 0 Å². The van der Waals surface area contributed by atoms with Gasteiger partial charge in [-0.2, -0.15) is 0 Å². The van der Waals surface area contributed by atoms with Crippen molar-refractivity contribution in [3.8, 4) is 0 Å². The number of aliphatic hydroxyl groups is 1. The van der Waals surface area contributed by atoms with Crippen LogP contribution < -0.4 is 0 Å². The number of phosphoric ester groups is 2. The molecule has 0 fully saturated rings. The number of esters is 4. The Kier molecular flexibility index (Phi) is 65.3. The van der Waals surface area contributed by atoms with E-state index in [1.807, 2.05) is 0 Å². The van der Waals surface area contributed by atoms with Crippen LogP contribution in [0.2, 0.25) is 0 Å². The number of carbonyl (C=O) groups is 4. The van der Waals surface area contributed by atoms with E-state index in [2.05, 4.69) is 72.8 Å². The highest BCUT2D eigenvalue weighted by molar-refractivity contribution is 7.47. The number of carbonyl (C=O) groups excluding carboxylic acids is 4. The zero-order chi connectivity index (χ0) is 70.9. The van der Waals surface area contributed by atoms with E-state index in [4.69, 9.17) is 37.0 Å². The molecule has 17 nitrogen and oxygen atoms in total. The van der Waals surface area contributed by atoms with E-state index in [0.717, 1.165) is 120 Å². The molecule has 0 aliphatic carbocycles. The summed E-state index contributed by atoms with van der Waals surface area (Å²) < 4.78 is 68.5. The van der Waals surface area contributed by atoms with Crippen LogP contribution in [0.4, 0.5) is 0 Å². The summed E-state index contributed by atoms with van der Waals surface area (Å²) >= 11 is 0. The molecule has 566 valence electrons. The van der Waals surface area contributed by atoms with Crippen molar-refractivity contribution in [2.75, 3.05) is 39.6 Å². The lowest BCUT2D eigenvalue weighted by atomic mass is 10.0. The van der Waals surface area contributed by atoms with Gasteiger partial charge < -0.3 is 33.8 Å². The van der Waals surface area contributed by atoms with Crippen molar-refractivity contribution in [2.45, 2.75) is 388 Å². The van der Waals surface area contributed by atoms with Gasteiger partial charge in [0, 0.05) is 25.7 Å². The molecule has 0 aliphatic rings. The van der Waals surface area contributed by atoms with Crippen LogP contribution in [-0.2, 0) is 65.4 Å². The number of hydrogen-bond acceptors (Lipinski definition) is 15. The molecule has 0 saturated carbocycles. The van der Waals surface area contributed by atoms with Crippen LogP contribution in [0.25, 0.3) is 0 Å². The Morgan fingerprint density at radius 1 is 0.323 bits per heavy atom. The summed E-state index contributed by atoms with van der Waals surface area (Å²) in [5, 5.41) is 10.6. The number of allylic oxidation sites excluding steroid dienone is 4. The summed E-state index contributed by atoms with van der Waals surface area (Å²) in [5.74, 6) is 0.139. The Morgan fingerprint density at radius 2 is 0.562 bits per heavy atom. The van der Waals surface area contributed by atoms with Gasteiger partial charge in [-0.1, -0.05) is 317 Å². The summed E-state index contributed by atoms with van der Waals surface area (Å²) in [7, 11) is -9.93. The van der Waals surface area contributed by atoms with Crippen molar-refractivity contribution in [1.82, 2.24) is 0 Å². The maximum Gasteiger partial charge on any atom is 0.472 e. The van der Waals surface area contributed by atoms with Gasteiger partial charge in [0.2, 0.25) is 0 Å². The van der Waals surface area contributed by atoms with Crippen LogP contribution in [0.15, 0.2) is 24.3 Å². The Labute approximate surface area is 586 Å². The molecule has 0 saturated heterocycles. The number of hydrogen-bond donors (Lipinski definition) is 3. The first kappa shape index (κ1) is 93.5. The third-order valence-corrected chi connectivity index (χ3v) is 19.2. The molecule has 0 spiro atoms. The van der Waals surface area contributed by atoms with Crippen molar-refractivity contribution in [3.05, 3.63) is 24.3 Å². The lowest BCUT2D eigenvalue weighted by Gasteiger charge is -2.21. The second-order valence-corrected chi connectivity index (χ2v) is 31.4. The highest BCUT2D eigenvalue weighted by Crippen LogP contribution is 2.45. The number of ether oxygens (including phenoxy) is 4. The molecule has 5 atom stereocenters. The first-order chi connectivity index (χ1) is 46.2. The smallest absolute Gasteiger partial charge is 0.462 e. The fourth-order valence-corrected chi connectivity index (χ4v) is 12.8. The fourth-order valence-electron chi connectivity index (χ4n) is 11.2. The summed E-state index contributed by atoms with van der Waals surface area (Å²) in [6, 6.07) is 0. The first-order valence-electron chi connectivity index (χ1n) is 39.2. The molecule has 0 radical (unpaired) electrons. The lowest BCUT2D eigenvalue weighted by Crippen LogP contribution is -2.30. The van der Waals surface area contributed by atoms with Crippen LogP contribution in [0, 0.1) is 17.8 Å². The zero-order valence-corrected chi connectivity index (χ0v) is 64.1. The number of aliphatic hydroxyl groups excluding tert-OH is 1. The number of rotatable bonds is 73. The maximum atomic E-state index is 13.1. The van der Waals surface area contributed by atoms with Gasteiger partial charge in [-0.15, -0.1) is 0 Å². The minimum atomic E-state index is -4.97. The van der Waals surface area contributed by atoms with E-state index < -0.39 is 97.5 Å². The lowest BCUT2D eigenvalue weighted by molar-refractivity contribution is -0.161. The zero-order valence-electron chi connectivity index (χ0n) is 62.3. The fraction of sp³-hybridized carbons (Fsp3) is 0.896. The van der Waals surface area contributed by atoms with Gasteiger partial charge in [0.25, 0.3) is 0 Å². The van der Waals surface area contributed by atoms with Crippen molar-refractivity contribution in [2.24, 2.45) is 17.8 Å². The topological polar surface area (TPSA) is 237 Å². The van der Waals surface area contributed by atoms with Crippen LogP contribution in [0.3, 0.4) is 0 Å². The van der Waals surface area contributed by atoms with Crippen LogP contribution in [0.1, 0.15) is 370 Å².